The minimum Gasteiger partial charge on any atom is -0.286 e. The molecule has 0 aliphatic heterocycles. The highest BCUT2D eigenvalue weighted by Crippen LogP contribution is 2.18. The molecule has 0 amide bonds. The zero-order valence-electron chi connectivity index (χ0n) is 6.94. The van der Waals surface area contributed by atoms with Gasteiger partial charge in [0.05, 0.1) is 21.5 Å². The highest BCUT2D eigenvalue weighted by atomic mass is 35.5. The SMILES string of the molecule is O=S(=O)(O)CCc1ncc(Cl)cc1Cl. The predicted molar refractivity (Wildman–Crippen MR) is 54.4 cm³/mol. The first-order chi connectivity index (χ1) is 6.38. The Kier molecular flexibility index (Phi) is 3.71. The van der Waals surface area contributed by atoms with E-state index in [1.165, 1.54) is 12.3 Å². The van der Waals surface area contributed by atoms with Crippen LogP contribution in [0.5, 0.6) is 0 Å². The van der Waals surface area contributed by atoms with Gasteiger partial charge in [-0.3, -0.25) is 9.54 Å². The molecular weight excluding hydrogens is 249 g/mol. The molecule has 0 radical (unpaired) electrons. The van der Waals surface area contributed by atoms with E-state index in [0.717, 1.165) is 0 Å². The van der Waals surface area contributed by atoms with E-state index in [2.05, 4.69) is 4.98 Å². The van der Waals surface area contributed by atoms with Crippen LogP contribution in [0.15, 0.2) is 12.3 Å². The van der Waals surface area contributed by atoms with Crippen LogP contribution in [0.3, 0.4) is 0 Å². The number of pyridine rings is 1. The van der Waals surface area contributed by atoms with Crippen molar-refractivity contribution in [3.05, 3.63) is 28.0 Å². The van der Waals surface area contributed by atoms with Gasteiger partial charge in [-0.25, -0.2) is 0 Å². The molecule has 0 spiro atoms. The van der Waals surface area contributed by atoms with Crippen molar-refractivity contribution in [3.8, 4) is 0 Å². The van der Waals surface area contributed by atoms with E-state index in [-0.39, 0.29) is 6.42 Å². The van der Waals surface area contributed by atoms with Crippen molar-refractivity contribution in [2.45, 2.75) is 6.42 Å². The zero-order chi connectivity index (χ0) is 10.8. The Balaban J connectivity index is 2.78. The number of halogens is 2. The van der Waals surface area contributed by atoms with E-state index in [9.17, 15) is 8.42 Å². The first kappa shape index (κ1) is 11.7. The van der Waals surface area contributed by atoms with Crippen molar-refractivity contribution in [1.82, 2.24) is 4.98 Å². The van der Waals surface area contributed by atoms with Crippen molar-refractivity contribution in [2.75, 3.05) is 5.75 Å². The lowest BCUT2D eigenvalue weighted by molar-refractivity contribution is 0.482. The van der Waals surface area contributed by atoms with Gasteiger partial charge < -0.3 is 0 Å². The summed E-state index contributed by atoms with van der Waals surface area (Å²) in [4.78, 5) is 3.84. The van der Waals surface area contributed by atoms with Crippen LogP contribution in [-0.4, -0.2) is 23.7 Å². The third-order valence-electron chi connectivity index (χ3n) is 1.48. The molecule has 78 valence electrons. The van der Waals surface area contributed by atoms with Crippen molar-refractivity contribution in [3.63, 3.8) is 0 Å². The maximum Gasteiger partial charge on any atom is 0.265 e. The molecule has 1 N–H and O–H groups in total. The molecule has 0 unspecified atom stereocenters. The number of hydrogen-bond acceptors (Lipinski definition) is 3. The fourth-order valence-electron chi connectivity index (χ4n) is 0.852. The molecule has 0 aromatic carbocycles. The highest BCUT2D eigenvalue weighted by Gasteiger charge is 2.09. The summed E-state index contributed by atoms with van der Waals surface area (Å²) in [5.74, 6) is -0.401. The lowest BCUT2D eigenvalue weighted by atomic mass is 10.3. The van der Waals surface area contributed by atoms with E-state index in [1.54, 1.807) is 0 Å². The Labute approximate surface area is 91.6 Å². The Morgan fingerprint density at radius 1 is 1.43 bits per heavy atom. The molecule has 0 bridgehead atoms. The van der Waals surface area contributed by atoms with Gasteiger partial charge in [-0.2, -0.15) is 8.42 Å². The van der Waals surface area contributed by atoms with Crippen LogP contribution in [0.25, 0.3) is 0 Å². The summed E-state index contributed by atoms with van der Waals surface area (Å²) >= 11 is 11.3. The van der Waals surface area contributed by atoms with Gasteiger partial charge in [0, 0.05) is 12.6 Å². The van der Waals surface area contributed by atoms with Gasteiger partial charge in [0.1, 0.15) is 0 Å². The Bertz CT molecular complexity index is 433. The maximum absolute atomic E-state index is 10.4. The molecule has 0 aliphatic carbocycles. The van der Waals surface area contributed by atoms with Crippen LogP contribution in [0.2, 0.25) is 10.0 Å². The van der Waals surface area contributed by atoms with Gasteiger partial charge in [-0.15, -0.1) is 0 Å². The lowest BCUT2D eigenvalue weighted by Gasteiger charge is -2.01. The molecule has 0 saturated carbocycles. The van der Waals surface area contributed by atoms with Crippen LogP contribution in [0, 0.1) is 0 Å². The molecule has 1 aromatic heterocycles. The Hall–Kier alpha value is -0.360. The molecule has 0 saturated heterocycles. The minimum atomic E-state index is -3.98. The average molecular weight is 256 g/mol. The summed E-state index contributed by atoms with van der Waals surface area (Å²) in [6.07, 6.45) is 1.43. The summed E-state index contributed by atoms with van der Waals surface area (Å²) in [6.45, 7) is 0. The van der Waals surface area contributed by atoms with Gasteiger partial charge in [0.15, 0.2) is 0 Å². The van der Waals surface area contributed by atoms with Gasteiger partial charge in [0.2, 0.25) is 0 Å². The average Bonchev–Trinajstić information content (AvgIpc) is 2.00. The van der Waals surface area contributed by atoms with E-state index < -0.39 is 15.9 Å². The molecule has 1 aromatic rings. The number of rotatable bonds is 3. The van der Waals surface area contributed by atoms with E-state index in [0.29, 0.717) is 15.7 Å². The van der Waals surface area contributed by atoms with Crippen molar-refractivity contribution in [1.29, 1.82) is 0 Å². The largest absolute Gasteiger partial charge is 0.286 e. The van der Waals surface area contributed by atoms with Crippen LogP contribution < -0.4 is 0 Å². The van der Waals surface area contributed by atoms with Crippen molar-refractivity contribution < 1.29 is 13.0 Å². The normalized spacial score (nSPS) is 11.6. The smallest absolute Gasteiger partial charge is 0.265 e. The topological polar surface area (TPSA) is 67.3 Å². The van der Waals surface area contributed by atoms with E-state index in [4.69, 9.17) is 27.8 Å². The second kappa shape index (κ2) is 4.44. The van der Waals surface area contributed by atoms with Crippen molar-refractivity contribution in [2.24, 2.45) is 0 Å². The third-order valence-corrected chi connectivity index (χ3v) is 2.73. The monoisotopic (exact) mass is 255 g/mol. The molecule has 1 rings (SSSR count). The van der Waals surface area contributed by atoms with Gasteiger partial charge in [0.25, 0.3) is 10.1 Å². The fourth-order valence-corrected chi connectivity index (χ4v) is 1.78. The standard InChI is InChI=1S/C7H7Cl2NO3S/c8-5-3-6(9)7(10-4-5)1-2-14(11,12)13/h3-4H,1-2H2,(H,11,12,13). The molecule has 14 heavy (non-hydrogen) atoms. The molecule has 4 nitrogen and oxygen atoms in total. The molecule has 0 aliphatic rings. The second-order valence-corrected chi connectivity index (χ2v) is 5.03. The molecule has 0 fully saturated rings. The number of aromatic nitrogens is 1. The number of hydrogen-bond donors (Lipinski definition) is 1. The Morgan fingerprint density at radius 3 is 2.57 bits per heavy atom. The summed E-state index contributed by atoms with van der Waals surface area (Å²) < 4.78 is 29.4. The first-order valence-electron chi connectivity index (χ1n) is 3.63. The zero-order valence-corrected chi connectivity index (χ0v) is 9.27. The molecule has 1 heterocycles. The third kappa shape index (κ3) is 3.79. The van der Waals surface area contributed by atoms with Crippen LogP contribution in [-0.2, 0) is 16.5 Å². The van der Waals surface area contributed by atoms with Crippen molar-refractivity contribution >= 4 is 33.3 Å². The fraction of sp³-hybridized carbons (Fsp3) is 0.286. The number of nitrogens with zero attached hydrogens (tertiary/aromatic N) is 1. The Morgan fingerprint density at radius 2 is 2.07 bits per heavy atom. The quantitative estimate of drug-likeness (QED) is 0.837. The van der Waals surface area contributed by atoms with Crippen LogP contribution in [0.1, 0.15) is 5.69 Å². The van der Waals surface area contributed by atoms with Gasteiger partial charge in [-0.05, 0) is 6.07 Å². The second-order valence-electron chi connectivity index (χ2n) is 2.62. The summed E-state index contributed by atoms with van der Waals surface area (Å²) in [7, 11) is -3.98. The van der Waals surface area contributed by atoms with Crippen LogP contribution in [0.4, 0.5) is 0 Å². The number of aryl methyl sites for hydroxylation is 1. The summed E-state index contributed by atoms with van der Waals surface area (Å²) in [6, 6.07) is 1.47. The van der Waals surface area contributed by atoms with Crippen LogP contribution >= 0.6 is 23.2 Å². The lowest BCUT2D eigenvalue weighted by Crippen LogP contribution is -2.07. The van der Waals surface area contributed by atoms with E-state index in [1.807, 2.05) is 0 Å². The van der Waals surface area contributed by atoms with E-state index >= 15 is 0 Å². The summed E-state index contributed by atoms with van der Waals surface area (Å²) in [5, 5.41) is 0.673. The molecule has 0 atom stereocenters. The first-order valence-corrected chi connectivity index (χ1v) is 6.00. The summed E-state index contributed by atoms with van der Waals surface area (Å²) in [5.41, 5.74) is 0.397. The predicted octanol–water partition coefficient (Wildman–Crippen LogP) is 1.82. The molecule has 7 heteroatoms. The minimum absolute atomic E-state index is 0.0643. The van der Waals surface area contributed by atoms with Gasteiger partial charge >= 0.3 is 0 Å². The van der Waals surface area contributed by atoms with Gasteiger partial charge in [-0.1, -0.05) is 23.2 Å². The maximum atomic E-state index is 10.4. The molecular formula is C7H7Cl2NO3S. The highest BCUT2D eigenvalue weighted by molar-refractivity contribution is 7.85.